The average Bonchev–Trinajstić information content (AvgIpc) is 2.48. The molecule has 2 aromatic rings. The van der Waals surface area contributed by atoms with E-state index >= 15 is 0 Å². The highest BCUT2D eigenvalue weighted by Gasteiger charge is 2.11. The van der Waals surface area contributed by atoms with Crippen molar-refractivity contribution in [1.29, 1.82) is 5.26 Å². The van der Waals surface area contributed by atoms with Crippen molar-refractivity contribution in [3.05, 3.63) is 51.6 Å². The summed E-state index contributed by atoms with van der Waals surface area (Å²) in [5.41, 5.74) is 7.70. The largest absolute Gasteiger partial charge is 0.384 e. The van der Waals surface area contributed by atoms with Crippen molar-refractivity contribution < 1.29 is 4.79 Å². The number of rotatable bonds is 3. The third kappa shape index (κ3) is 3.58. The fraction of sp³-hybridized carbons (Fsp3) is 0.133. The van der Waals surface area contributed by atoms with Gasteiger partial charge in [-0.05, 0) is 36.8 Å². The van der Waals surface area contributed by atoms with E-state index in [0.29, 0.717) is 29.1 Å². The molecule has 1 aromatic carbocycles. The summed E-state index contributed by atoms with van der Waals surface area (Å²) >= 11 is 3.29. The van der Waals surface area contributed by atoms with E-state index in [1.165, 1.54) is 6.07 Å². The molecule has 0 aliphatic carbocycles. The zero-order valence-electron chi connectivity index (χ0n) is 11.4. The molecular weight excluding hydrogens is 332 g/mol. The number of halogens is 1. The minimum Gasteiger partial charge on any atom is -0.384 e. The Balaban J connectivity index is 2.30. The predicted octanol–water partition coefficient (Wildman–Crippen LogP) is 3.11. The minimum absolute atomic E-state index is 0.302. The number of pyridine rings is 1. The fourth-order valence-electron chi connectivity index (χ4n) is 1.84. The van der Waals surface area contributed by atoms with E-state index in [1.54, 1.807) is 24.3 Å². The molecule has 0 atom stereocenters. The van der Waals surface area contributed by atoms with E-state index in [1.807, 2.05) is 13.0 Å². The van der Waals surface area contributed by atoms with Gasteiger partial charge in [-0.25, -0.2) is 4.98 Å². The molecule has 21 heavy (non-hydrogen) atoms. The Morgan fingerprint density at radius 1 is 1.43 bits per heavy atom. The van der Waals surface area contributed by atoms with Gasteiger partial charge in [-0.15, -0.1) is 0 Å². The molecule has 0 saturated heterocycles. The lowest BCUT2D eigenvalue weighted by atomic mass is 10.1. The molecule has 0 aliphatic rings. The van der Waals surface area contributed by atoms with Crippen molar-refractivity contribution in [3.63, 3.8) is 0 Å². The molecule has 6 heteroatoms. The van der Waals surface area contributed by atoms with Gasteiger partial charge < -0.3 is 11.1 Å². The molecule has 0 spiro atoms. The Morgan fingerprint density at radius 2 is 2.19 bits per heavy atom. The number of nitrogen functional groups attached to an aromatic ring is 1. The molecule has 1 amide bonds. The number of nitrogens with zero attached hydrogens (tertiary/aromatic N) is 2. The molecule has 1 aromatic heterocycles. The van der Waals surface area contributed by atoms with Crippen molar-refractivity contribution in [3.8, 4) is 6.07 Å². The maximum absolute atomic E-state index is 12.3. The molecule has 3 N–H and O–H groups in total. The van der Waals surface area contributed by atoms with Crippen LogP contribution in [0, 0.1) is 11.3 Å². The molecule has 5 nitrogen and oxygen atoms in total. The van der Waals surface area contributed by atoms with Crippen LogP contribution in [0.15, 0.2) is 34.8 Å². The number of aryl methyl sites for hydroxylation is 1. The number of aromatic nitrogens is 1. The molecule has 106 valence electrons. The summed E-state index contributed by atoms with van der Waals surface area (Å²) in [6, 6.07) is 10.3. The molecule has 0 radical (unpaired) electrons. The summed E-state index contributed by atoms with van der Waals surface area (Å²) in [5, 5.41) is 11.8. The van der Waals surface area contributed by atoms with Crippen LogP contribution in [-0.4, -0.2) is 10.9 Å². The van der Waals surface area contributed by atoms with Gasteiger partial charge in [0.15, 0.2) is 0 Å². The van der Waals surface area contributed by atoms with Gasteiger partial charge >= 0.3 is 0 Å². The summed E-state index contributed by atoms with van der Waals surface area (Å²) in [7, 11) is 0. The van der Waals surface area contributed by atoms with E-state index in [-0.39, 0.29) is 5.91 Å². The van der Waals surface area contributed by atoms with Crippen LogP contribution in [0.4, 0.5) is 11.5 Å². The molecule has 1 heterocycles. The second-order valence-corrected chi connectivity index (χ2v) is 5.30. The van der Waals surface area contributed by atoms with Gasteiger partial charge in [0.1, 0.15) is 11.9 Å². The van der Waals surface area contributed by atoms with Crippen molar-refractivity contribution in [1.82, 2.24) is 4.98 Å². The van der Waals surface area contributed by atoms with Gasteiger partial charge in [-0.3, -0.25) is 4.79 Å². The number of benzene rings is 1. The lowest BCUT2D eigenvalue weighted by Gasteiger charge is -2.09. The van der Waals surface area contributed by atoms with Crippen LogP contribution < -0.4 is 11.1 Å². The Kier molecular flexibility index (Phi) is 4.55. The highest BCUT2D eigenvalue weighted by molar-refractivity contribution is 9.10. The second-order valence-electron chi connectivity index (χ2n) is 4.38. The second kappa shape index (κ2) is 6.37. The van der Waals surface area contributed by atoms with E-state index < -0.39 is 0 Å². The van der Waals surface area contributed by atoms with Gasteiger partial charge in [0.05, 0.1) is 11.3 Å². The van der Waals surface area contributed by atoms with Gasteiger partial charge in [0, 0.05) is 15.7 Å². The lowest BCUT2D eigenvalue weighted by molar-refractivity contribution is 0.102. The summed E-state index contributed by atoms with van der Waals surface area (Å²) in [6.07, 6.45) is 0.688. The van der Waals surface area contributed by atoms with E-state index in [9.17, 15) is 4.79 Å². The van der Waals surface area contributed by atoms with Gasteiger partial charge in [0.2, 0.25) is 0 Å². The Bertz CT molecular complexity index is 737. The molecule has 0 fully saturated rings. The number of nitrogens with two attached hydrogens (primary N) is 1. The SMILES string of the molecule is CCc1cc(C(=O)Nc2ccc(Br)cc2C#N)cc(N)n1. The zero-order valence-corrected chi connectivity index (χ0v) is 12.9. The van der Waals surface area contributed by atoms with Crippen LogP contribution in [-0.2, 0) is 6.42 Å². The number of carbonyl (C=O) groups excluding carboxylic acids is 1. The third-order valence-corrected chi connectivity index (χ3v) is 3.37. The maximum Gasteiger partial charge on any atom is 0.255 e. The van der Waals surface area contributed by atoms with Crippen LogP contribution >= 0.6 is 15.9 Å². The number of anilines is 2. The number of nitriles is 1. The van der Waals surface area contributed by atoms with E-state index in [2.05, 4.69) is 26.2 Å². The van der Waals surface area contributed by atoms with Gasteiger partial charge in [-0.2, -0.15) is 5.26 Å². The van der Waals surface area contributed by atoms with Crippen molar-refractivity contribution in [2.45, 2.75) is 13.3 Å². The summed E-state index contributed by atoms with van der Waals surface area (Å²) in [4.78, 5) is 16.4. The molecule has 2 rings (SSSR count). The molecule has 0 saturated carbocycles. The van der Waals surface area contributed by atoms with Crippen LogP contribution in [0.3, 0.4) is 0 Å². The van der Waals surface area contributed by atoms with Crippen LogP contribution in [0.25, 0.3) is 0 Å². The molecule has 0 bridgehead atoms. The maximum atomic E-state index is 12.3. The number of carbonyl (C=O) groups is 1. The lowest BCUT2D eigenvalue weighted by Crippen LogP contribution is -2.14. The van der Waals surface area contributed by atoms with Crippen molar-refractivity contribution in [2.24, 2.45) is 0 Å². The standard InChI is InChI=1S/C15H13BrN4O/c1-2-12-6-9(7-14(18)19-12)15(21)20-13-4-3-11(16)5-10(13)8-17/h3-7H,2H2,1H3,(H2,18,19)(H,20,21). The number of nitrogens with one attached hydrogen (secondary N) is 1. The highest BCUT2D eigenvalue weighted by Crippen LogP contribution is 2.21. The summed E-state index contributed by atoms with van der Waals surface area (Å²) in [6.45, 7) is 1.94. The quantitative estimate of drug-likeness (QED) is 0.894. The van der Waals surface area contributed by atoms with Gasteiger partial charge in [0.25, 0.3) is 5.91 Å². The predicted molar refractivity (Wildman–Crippen MR) is 84.8 cm³/mol. The molecule has 0 aliphatic heterocycles. The highest BCUT2D eigenvalue weighted by atomic mass is 79.9. The summed E-state index contributed by atoms with van der Waals surface area (Å²) < 4.78 is 0.776. The Labute approximate surface area is 130 Å². The normalized spacial score (nSPS) is 9.95. The molecule has 0 unspecified atom stereocenters. The average molecular weight is 345 g/mol. The minimum atomic E-state index is -0.322. The number of hydrogen-bond acceptors (Lipinski definition) is 4. The topological polar surface area (TPSA) is 91.8 Å². The monoisotopic (exact) mass is 344 g/mol. The summed E-state index contributed by atoms with van der Waals surface area (Å²) in [5.74, 6) is -0.0200. The number of amides is 1. The smallest absolute Gasteiger partial charge is 0.255 e. The fourth-order valence-corrected chi connectivity index (χ4v) is 2.20. The van der Waals surface area contributed by atoms with Crippen LogP contribution in [0.1, 0.15) is 28.5 Å². The first-order valence-electron chi connectivity index (χ1n) is 6.31. The van der Waals surface area contributed by atoms with E-state index in [4.69, 9.17) is 11.0 Å². The third-order valence-electron chi connectivity index (χ3n) is 2.87. The zero-order chi connectivity index (χ0) is 15.4. The van der Waals surface area contributed by atoms with Crippen molar-refractivity contribution in [2.75, 3.05) is 11.1 Å². The Hall–Kier alpha value is -2.39. The van der Waals surface area contributed by atoms with Crippen molar-refractivity contribution >= 4 is 33.3 Å². The molecular formula is C15H13BrN4O. The first-order valence-corrected chi connectivity index (χ1v) is 7.10. The number of hydrogen-bond donors (Lipinski definition) is 2. The Morgan fingerprint density at radius 3 is 2.86 bits per heavy atom. The van der Waals surface area contributed by atoms with Crippen LogP contribution in [0.2, 0.25) is 0 Å². The van der Waals surface area contributed by atoms with Gasteiger partial charge in [-0.1, -0.05) is 22.9 Å². The van der Waals surface area contributed by atoms with Crippen LogP contribution in [0.5, 0.6) is 0 Å². The van der Waals surface area contributed by atoms with E-state index in [0.717, 1.165) is 10.2 Å². The first kappa shape index (κ1) is 15.0. The first-order chi connectivity index (χ1) is 10.0.